The Hall–Kier alpha value is -2.22. The largest absolute Gasteiger partial charge is 0.480 e. The van der Waals surface area contributed by atoms with Gasteiger partial charge in [0.05, 0.1) is 19.9 Å². The fraction of sp³-hybridized carbons (Fsp3) is 0.467. The molecule has 23 heavy (non-hydrogen) atoms. The minimum Gasteiger partial charge on any atom is -0.480 e. The lowest BCUT2D eigenvalue weighted by molar-refractivity contribution is 0.101. The van der Waals surface area contributed by atoms with Crippen molar-refractivity contribution in [3.63, 3.8) is 0 Å². The molecule has 1 amide bonds. The SMILES string of the molecule is COc1ncnc(OC)c1C(=O)Nc1nc(CCC2CC2)cs1. The minimum absolute atomic E-state index is 0.159. The van der Waals surface area contributed by atoms with Crippen LogP contribution in [0.1, 0.15) is 35.3 Å². The van der Waals surface area contributed by atoms with E-state index in [0.717, 1.165) is 18.0 Å². The third-order valence-electron chi connectivity index (χ3n) is 3.67. The Kier molecular flexibility index (Phi) is 4.71. The number of thiazole rings is 1. The van der Waals surface area contributed by atoms with Crippen molar-refractivity contribution in [3.05, 3.63) is 23.0 Å². The molecule has 0 saturated heterocycles. The van der Waals surface area contributed by atoms with Crippen molar-refractivity contribution in [1.82, 2.24) is 15.0 Å². The van der Waals surface area contributed by atoms with Crippen LogP contribution in [-0.2, 0) is 6.42 Å². The molecule has 3 rings (SSSR count). The molecular weight excluding hydrogens is 316 g/mol. The molecule has 1 aliphatic rings. The molecule has 0 spiro atoms. The van der Waals surface area contributed by atoms with Crippen LogP contribution < -0.4 is 14.8 Å². The van der Waals surface area contributed by atoms with E-state index < -0.39 is 5.91 Å². The van der Waals surface area contributed by atoms with Gasteiger partial charge in [0.2, 0.25) is 11.8 Å². The summed E-state index contributed by atoms with van der Waals surface area (Å²) in [4.78, 5) is 24.8. The van der Waals surface area contributed by atoms with Gasteiger partial charge in [-0.05, 0) is 18.8 Å². The lowest BCUT2D eigenvalue weighted by Crippen LogP contribution is -2.16. The number of amides is 1. The highest BCUT2D eigenvalue weighted by atomic mass is 32.1. The average molecular weight is 334 g/mol. The van der Waals surface area contributed by atoms with Gasteiger partial charge in [0.25, 0.3) is 5.91 Å². The predicted octanol–water partition coefficient (Wildman–Crippen LogP) is 2.55. The monoisotopic (exact) mass is 334 g/mol. The van der Waals surface area contributed by atoms with Crippen molar-refractivity contribution in [2.45, 2.75) is 25.7 Å². The molecular formula is C15H18N4O3S. The summed E-state index contributed by atoms with van der Waals surface area (Å²) >= 11 is 1.41. The Bertz CT molecular complexity index is 678. The number of rotatable bonds is 7. The van der Waals surface area contributed by atoms with Crippen LogP contribution in [0.4, 0.5) is 5.13 Å². The number of ether oxygens (including phenoxy) is 2. The number of hydrogen-bond donors (Lipinski definition) is 1. The summed E-state index contributed by atoms with van der Waals surface area (Å²) in [6.45, 7) is 0. The molecule has 1 aliphatic carbocycles. The molecule has 0 radical (unpaired) electrons. The van der Waals surface area contributed by atoms with E-state index in [1.807, 2.05) is 5.38 Å². The molecule has 1 saturated carbocycles. The van der Waals surface area contributed by atoms with Gasteiger partial charge in [-0.2, -0.15) is 0 Å². The second kappa shape index (κ2) is 6.91. The summed E-state index contributed by atoms with van der Waals surface area (Å²) in [6.07, 6.45) is 6.08. The lowest BCUT2D eigenvalue weighted by atomic mass is 10.2. The number of anilines is 1. The van der Waals surface area contributed by atoms with Crippen molar-refractivity contribution in [2.75, 3.05) is 19.5 Å². The first-order chi connectivity index (χ1) is 11.2. The quantitative estimate of drug-likeness (QED) is 0.837. The van der Waals surface area contributed by atoms with Gasteiger partial charge in [-0.3, -0.25) is 10.1 Å². The molecule has 2 aromatic heterocycles. The van der Waals surface area contributed by atoms with E-state index in [1.54, 1.807) is 0 Å². The highest BCUT2D eigenvalue weighted by Crippen LogP contribution is 2.34. The second-order valence-corrected chi connectivity index (χ2v) is 6.21. The maximum atomic E-state index is 12.5. The van der Waals surface area contributed by atoms with Gasteiger partial charge >= 0.3 is 0 Å². The average Bonchev–Trinajstić information content (AvgIpc) is 3.31. The van der Waals surface area contributed by atoms with E-state index >= 15 is 0 Å². The van der Waals surface area contributed by atoms with E-state index in [-0.39, 0.29) is 17.3 Å². The molecule has 0 unspecified atom stereocenters. The molecule has 0 bridgehead atoms. The molecule has 1 N–H and O–H groups in total. The Morgan fingerprint density at radius 1 is 1.30 bits per heavy atom. The molecule has 0 atom stereocenters. The Labute approximate surface area is 138 Å². The zero-order valence-corrected chi connectivity index (χ0v) is 13.9. The molecule has 7 nitrogen and oxygen atoms in total. The second-order valence-electron chi connectivity index (χ2n) is 5.35. The van der Waals surface area contributed by atoms with Gasteiger partial charge in [-0.25, -0.2) is 15.0 Å². The molecule has 0 aromatic carbocycles. The Morgan fingerprint density at radius 2 is 2.00 bits per heavy atom. The van der Waals surface area contributed by atoms with Crippen LogP contribution in [0.5, 0.6) is 11.8 Å². The summed E-state index contributed by atoms with van der Waals surface area (Å²) in [5.41, 5.74) is 1.17. The lowest BCUT2D eigenvalue weighted by Gasteiger charge is -2.09. The summed E-state index contributed by atoms with van der Waals surface area (Å²) in [6, 6.07) is 0. The summed E-state index contributed by atoms with van der Waals surface area (Å²) in [5, 5.41) is 5.29. The van der Waals surface area contributed by atoms with E-state index in [0.29, 0.717) is 5.13 Å². The number of nitrogens with zero attached hydrogens (tertiary/aromatic N) is 3. The van der Waals surface area contributed by atoms with Crippen molar-refractivity contribution in [1.29, 1.82) is 0 Å². The van der Waals surface area contributed by atoms with Gasteiger partial charge < -0.3 is 9.47 Å². The van der Waals surface area contributed by atoms with E-state index in [2.05, 4.69) is 20.3 Å². The minimum atomic E-state index is -0.401. The number of hydrogen-bond acceptors (Lipinski definition) is 7. The number of carbonyl (C=O) groups is 1. The summed E-state index contributed by atoms with van der Waals surface area (Å²) < 4.78 is 10.2. The first-order valence-electron chi connectivity index (χ1n) is 7.40. The zero-order chi connectivity index (χ0) is 16.2. The Balaban J connectivity index is 1.71. The van der Waals surface area contributed by atoms with Gasteiger partial charge in [0.1, 0.15) is 6.33 Å². The van der Waals surface area contributed by atoms with Crippen molar-refractivity contribution < 1.29 is 14.3 Å². The van der Waals surface area contributed by atoms with E-state index in [1.165, 1.54) is 51.1 Å². The number of carbonyl (C=O) groups excluding carboxylic acids is 1. The molecule has 1 fully saturated rings. The smallest absolute Gasteiger partial charge is 0.268 e. The molecule has 122 valence electrons. The normalized spacial score (nSPS) is 13.7. The predicted molar refractivity (Wildman–Crippen MR) is 86.2 cm³/mol. The van der Waals surface area contributed by atoms with Crippen molar-refractivity contribution >= 4 is 22.4 Å². The van der Waals surface area contributed by atoms with Crippen LogP contribution in [0.25, 0.3) is 0 Å². The molecule has 0 aliphatic heterocycles. The third kappa shape index (κ3) is 3.76. The van der Waals surface area contributed by atoms with E-state index in [9.17, 15) is 4.79 Å². The number of aryl methyl sites for hydroxylation is 1. The molecule has 2 heterocycles. The third-order valence-corrected chi connectivity index (χ3v) is 4.48. The first-order valence-corrected chi connectivity index (χ1v) is 8.28. The Morgan fingerprint density at radius 3 is 2.61 bits per heavy atom. The number of nitrogens with one attached hydrogen (secondary N) is 1. The highest BCUT2D eigenvalue weighted by molar-refractivity contribution is 7.14. The number of methoxy groups -OCH3 is 2. The molecule has 8 heteroatoms. The topological polar surface area (TPSA) is 86.2 Å². The fourth-order valence-electron chi connectivity index (χ4n) is 2.26. The van der Waals surface area contributed by atoms with Crippen molar-refractivity contribution in [2.24, 2.45) is 5.92 Å². The van der Waals surface area contributed by atoms with Gasteiger partial charge in [-0.15, -0.1) is 11.3 Å². The van der Waals surface area contributed by atoms with Crippen molar-refractivity contribution in [3.8, 4) is 11.8 Å². The van der Waals surface area contributed by atoms with Crippen LogP contribution in [-0.4, -0.2) is 35.1 Å². The number of aromatic nitrogens is 3. The first kappa shape index (κ1) is 15.7. The van der Waals surface area contributed by atoms with Crippen LogP contribution in [0.15, 0.2) is 11.7 Å². The van der Waals surface area contributed by atoms with Crippen LogP contribution in [0.2, 0.25) is 0 Å². The van der Waals surface area contributed by atoms with E-state index in [4.69, 9.17) is 9.47 Å². The van der Waals surface area contributed by atoms with Crippen LogP contribution >= 0.6 is 11.3 Å². The highest BCUT2D eigenvalue weighted by Gasteiger charge is 2.23. The van der Waals surface area contributed by atoms with Crippen LogP contribution in [0.3, 0.4) is 0 Å². The van der Waals surface area contributed by atoms with Gasteiger partial charge in [0, 0.05) is 5.38 Å². The van der Waals surface area contributed by atoms with Gasteiger partial charge in [-0.1, -0.05) is 12.8 Å². The maximum absolute atomic E-state index is 12.5. The van der Waals surface area contributed by atoms with Crippen LogP contribution in [0, 0.1) is 5.92 Å². The fourth-order valence-corrected chi connectivity index (χ4v) is 3.00. The molecule has 2 aromatic rings. The standard InChI is InChI=1S/C15H18N4O3S/c1-21-13-11(14(22-2)17-8-16-13)12(20)19-15-18-10(7-23-15)6-5-9-3-4-9/h7-9H,3-6H2,1-2H3,(H,18,19,20). The summed E-state index contributed by atoms with van der Waals surface area (Å²) in [7, 11) is 2.88. The summed E-state index contributed by atoms with van der Waals surface area (Å²) in [5.74, 6) is 0.798. The van der Waals surface area contributed by atoms with Gasteiger partial charge in [0.15, 0.2) is 10.7 Å². The zero-order valence-electron chi connectivity index (χ0n) is 13.0. The maximum Gasteiger partial charge on any atom is 0.268 e.